The molecule has 94 valence electrons. The smallest absolute Gasteiger partial charge is 0.169 e. The van der Waals surface area contributed by atoms with Crippen molar-refractivity contribution in [2.45, 2.75) is 0 Å². The summed E-state index contributed by atoms with van der Waals surface area (Å²) in [5.41, 5.74) is 9.41. The molecule has 0 fully saturated rings. The van der Waals surface area contributed by atoms with Crippen LogP contribution in [0.1, 0.15) is 0 Å². The number of aromatic nitrogens is 3. The normalized spacial score (nSPS) is 10.4. The van der Waals surface area contributed by atoms with E-state index >= 15 is 0 Å². The fourth-order valence-corrected chi connectivity index (χ4v) is 1.35. The maximum absolute atomic E-state index is 5.98. The number of nitrogens with two attached hydrogens (primary N) is 1. The molecule has 0 spiro atoms. The van der Waals surface area contributed by atoms with Crippen LogP contribution >= 0.6 is 0 Å². The minimum Gasteiger partial charge on any atom is -0.393 e. The number of nitrogens with zero attached hydrogens (tertiary/aromatic N) is 4. The Bertz CT molecular complexity index is 512. The SMILES string of the molecule is CN(C)Nc1ncnc(Nc2ccccn2)c1N. The average molecular weight is 245 g/mol. The van der Waals surface area contributed by atoms with Gasteiger partial charge in [-0.1, -0.05) is 6.07 Å². The molecule has 0 unspecified atom stereocenters. The lowest BCUT2D eigenvalue weighted by Gasteiger charge is -2.15. The molecule has 0 atom stereocenters. The minimum atomic E-state index is 0.442. The van der Waals surface area contributed by atoms with Crippen molar-refractivity contribution in [3.63, 3.8) is 0 Å². The van der Waals surface area contributed by atoms with E-state index in [1.807, 2.05) is 32.3 Å². The van der Waals surface area contributed by atoms with Crippen molar-refractivity contribution >= 4 is 23.1 Å². The van der Waals surface area contributed by atoms with Crippen molar-refractivity contribution < 1.29 is 0 Å². The van der Waals surface area contributed by atoms with E-state index in [2.05, 4.69) is 25.7 Å². The zero-order valence-corrected chi connectivity index (χ0v) is 10.3. The highest BCUT2D eigenvalue weighted by atomic mass is 15.5. The number of nitrogen functional groups attached to an aromatic ring is 1. The third-order valence-corrected chi connectivity index (χ3v) is 2.12. The van der Waals surface area contributed by atoms with Crippen LogP contribution in [0.2, 0.25) is 0 Å². The van der Waals surface area contributed by atoms with Gasteiger partial charge in [0.1, 0.15) is 17.8 Å². The van der Waals surface area contributed by atoms with Gasteiger partial charge in [0.2, 0.25) is 0 Å². The zero-order chi connectivity index (χ0) is 13.0. The predicted molar refractivity (Wildman–Crippen MR) is 71.3 cm³/mol. The van der Waals surface area contributed by atoms with Crippen molar-refractivity contribution in [2.24, 2.45) is 0 Å². The first-order valence-electron chi connectivity index (χ1n) is 5.39. The van der Waals surface area contributed by atoms with Crippen LogP contribution in [0.5, 0.6) is 0 Å². The van der Waals surface area contributed by atoms with Gasteiger partial charge in [-0.25, -0.2) is 20.0 Å². The highest BCUT2D eigenvalue weighted by Crippen LogP contribution is 2.24. The highest BCUT2D eigenvalue weighted by molar-refractivity contribution is 5.76. The Labute approximate surface area is 105 Å². The second-order valence-corrected chi connectivity index (χ2v) is 3.83. The first kappa shape index (κ1) is 12.1. The molecule has 7 heteroatoms. The predicted octanol–water partition coefficient (Wildman–Crippen LogP) is 1.09. The van der Waals surface area contributed by atoms with Crippen LogP contribution in [0, 0.1) is 0 Å². The number of hydrogen-bond acceptors (Lipinski definition) is 7. The van der Waals surface area contributed by atoms with Gasteiger partial charge < -0.3 is 16.5 Å². The summed E-state index contributed by atoms with van der Waals surface area (Å²) in [4.78, 5) is 12.3. The summed E-state index contributed by atoms with van der Waals surface area (Å²) in [6, 6.07) is 5.56. The van der Waals surface area contributed by atoms with E-state index in [9.17, 15) is 0 Å². The van der Waals surface area contributed by atoms with E-state index in [-0.39, 0.29) is 0 Å². The summed E-state index contributed by atoms with van der Waals surface area (Å²) in [6.07, 6.45) is 3.13. The van der Waals surface area contributed by atoms with Crippen molar-refractivity contribution in [3.8, 4) is 0 Å². The number of anilines is 4. The third-order valence-electron chi connectivity index (χ3n) is 2.12. The van der Waals surface area contributed by atoms with Crippen LogP contribution in [-0.4, -0.2) is 34.1 Å². The number of pyridine rings is 1. The van der Waals surface area contributed by atoms with Gasteiger partial charge in [-0.3, -0.25) is 0 Å². The van der Waals surface area contributed by atoms with Crippen molar-refractivity contribution in [3.05, 3.63) is 30.7 Å². The van der Waals surface area contributed by atoms with Gasteiger partial charge >= 0.3 is 0 Å². The van der Waals surface area contributed by atoms with Gasteiger partial charge in [0.15, 0.2) is 11.6 Å². The molecule has 0 radical (unpaired) electrons. The summed E-state index contributed by atoms with van der Waals surface area (Å²) in [7, 11) is 3.71. The summed E-state index contributed by atoms with van der Waals surface area (Å²) >= 11 is 0. The second-order valence-electron chi connectivity index (χ2n) is 3.83. The van der Waals surface area contributed by atoms with E-state index in [1.165, 1.54) is 6.33 Å². The fourth-order valence-electron chi connectivity index (χ4n) is 1.35. The molecule has 0 aliphatic carbocycles. The molecule has 2 aromatic rings. The number of rotatable bonds is 4. The fraction of sp³-hybridized carbons (Fsp3) is 0.182. The maximum atomic E-state index is 5.98. The molecular formula is C11H15N7. The van der Waals surface area contributed by atoms with Crippen molar-refractivity contribution in [1.82, 2.24) is 20.0 Å². The lowest BCUT2D eigenvalue weighted by Crippen LogP contribution is -2.21. The van der Waals surface area contributed by atoms with E-state index in [4.69, 9.17) is 5.73 Å². The molecule has 0 aliphatic rings. The molecule has 0 saturated heterocycles. The lowest BCUT2D eigenvalue weighted by molar-refractivity contribution is 0.492. The summed E-state index contributed by atoms with van der Waals surface area (Å²) in [6.45, 7) is 0. The highest BCUT2D eigenvalue weighted by Gasteiger charge is 2.08. The first-order valence-corrected chi connectivity index (χ1v) is 5.39. The lowest BCUT2D eigenvalue weighted by atomic mass is 10.4. The Kier molecular flexibility index (Phi) is 3.54. The molecule has 7 nitrogen and oxygen atoms in total. The average Bonchev–Trinajstić information content (AvgIpc) is 2.35. The molecule has 2 rings (SSSR count). The number of hydrogen-bond donors (Lipinski definition) is 3. The molecule has 0 amide bonds. The van der Waals surface area contributed by atoms with Gasteiger partial charge in [-0.05, 0) is 12.1 Å². The Morgan fingerprint density at radius 1 is 1.11 bits per heavy atom. The van der Waals surface area contributed by atoms with Crippen LogP contribution < -0.4 is 16.5 Å². The summed E-state index contributed by atoms with van der Waals surface area (Å²) < 4.78 is 0. The van der Waals surface area contributed by atoms with Gasteiger partial charge in [0.05, 0.1) is 0 Å². The Hall–Kier alpha value is -2.41. The monoisotopic (exact) mass is 245 g/mol. The summed E-state index contributed by atoms with van der Waals surface area (Å²) in [5.74, 6) is 1.75. The quantitative estimate of drug-likeness (QED) is 0.694. The molecule has 0 aliphatic heterocycles. The van der Waals surface area contributed by atoms with Crippen LogP contribution in [0.4, 0.5) is 23.1 Å². The van der Waals surface area contributed by atoms with Crippen LogP contribution in [0.15, 0.2) is 30.7 Å². The first-order chi connectivity index (χ1) is 8.66. The molecule has 0 saturated carbocycles. The van der Waals surface area contributed by atoms with Crippen molar-refractivity contribution in [2.75, 3.05) is 30.6 Å². The van der Waals surface area contributed by atoms with E-state index in [0.29, 0.717) is 23.1 Å². The topological polar surface area (TPSA) is 92.0 Å². The molecule has 4 N–H and O–H groups in total. The Morgan fingerprint density at radius 2 is 1.89 bits per heavy atom. The van der Waals surface area contributed by atoms with E-state index in [0.717, 1.165) is 0 Å². The van der Waals surface area contributed by atoms with Gasteiger partial charge in [-0.15, -0.1) is 0 Å². The second kappa shape index (κ2) is 5.28. The molecule has 0 bridgehead atoms. The minimum absolute atomic E-state index is 0.442. The molecular weight excluding hydrogens is 230 g/mol. The van der Waals surface area contributed by atoms with Crippen LogP contribution in [0.25, 0.3) is 0 Å². The number of nitrogens with one attached hydrogen (secondary N) is 2. The third kappa shape index (κ3) is 2.83. The summed E-state index contributed by atoms with van der Waals surface area (Å²) in [5, 5.41) is 4.79. The molecule has 0 aromatic carbocycles. The Balaban J connectivity index is 2.23. The zero-order valence-electron chi connectivity index (χ0n) is 10.3. The maximum Gasteiger partial charge on any atom is 0.169 e. The molecule has 2 aromatic heterocycles. The standard InChI is InChI=1S/C11H15N7/c1-18(2)17-11-9(12)10(14-7-15-11)16-8-5-3-4-6-13-8/h3-7H,12H2,1-2H3,(H2,13,14,15,16,17). The van der Waals surface area contributed by atoms with Crippen molar-refractivity contribution in [1.29, 1.82) is 0 Å². The van der Waals surface area contributed by atoms with Gasteiger partial charge in [-0.2, -0.15) is 0 Å². The largest absolute Gasteiger partial charge is 0.393 e. The van der Waals surface area contributed by atoms with Gasteiger partial charge in [0, 0.05) is 20.3 Å². The number of hydrazine groups is 1. The van der Waals surface area contributed by atoms with Gasteiger partial charge in [0.25, 0.3) is 0 Å². The Morgan fingerprint density at radius 3 is 2.56 bits per heavy atom. The van der Waals surface area contributed by atoms with Crippen LogP contribution in [-0.2, 0) is 0 Å². The van der Waals surface area contributed by atoms with Crippen LogP contribution in [0.3, 0.4) is 0 Å². The molecule has 2 heterocycles. The van der Waals surface area contributed by atoms with E-state index < -0.39 is 0 Å². The van der Waals surface area contributed by atoms with E-state index in [1.54, 1.807) is 11.2 Å². The molecule has 18 heavy (non-hydrogen) atoms.